The lowest BCUT2D eigenvalue weighted by atomic mass is 10.0. The van der Waals surface area contributed by atoms with Crippen molar-refractivity contribution in [2.45, 2.75) is 25.2 Å². The number of rotatable bonds is 7. The Kier molecular flexibility index (Phi) is 6.04. The van der Waals surface area contributed by atoms with Crippen LogP contribution in [0.3, 0.4) is 0 Å². The average molecular weight is 454 g/mol. The average Bonchev–Trinajstić information content (AvgIpc) is 3.16. The minimum Gasteiger partial charge on any atom is -0.302 e. The van der Waals surface area contributed by atoms with E-state index in [-0.39, 0.29) is 17.2 Å². The van der Waals surface area contributed by atoms with Gasteiger partial charge in [0.15, 0.2) is 5.13 Å². The Morgan fingerprint density at radius 1 is 1.03 bits per heavy atom. The van der Waals surface area contributed by atoms with Crippen LogP contribution in [-0.2, 0) is 21.2 Å². The van der Waals surface area contributed by atoms with Crippen LogP contribution < -0.4 is 5.32 Å². The molecule has 0 radical (unpaired) electrons. The molecule has 0 aliphatic heterocycles. The number of nitrogens with zero attached hydrogens (tertiary/aromatic N) is 2. The molecule has 160 valence electrons. The molecule has 0 atom stereocenters. The van der Waals surface area contributed by atoms with Gasteiger partial charge in [-0.05, 0) is 34.5 Å². The maximum Gasteiger partial charge on any atom is 0.243 e. The topological polar surface area (TPSA) is 79.4 Å². The number of nitrogens with one attached hydrogen (secondary N) is 1. The minimum absolute atomic E-state index is 0.161. The second-order valence-electron chi connectivity index (χ2n) is 7.10. The largest absolute Gasteiger partial charge is 0.302 e. The Morgan fingerprint density at radius 2 is 1.77 bits per heavy atom. The molecule has 0 aliphatic carbocycles. The molecule has 0 fully saturated rings. The van der Waals surface area contributed by atoms with Crippen LogP contribution in [-0.4, -0.2) is 36.7 Å². The van der Waals surface area contributed by atoms with Crippen LogP contribution in [0.1, 0.15) is 19.4 Å². The Morgan fingerprint density at radius 3 is 2.55 bits per heavy atom. The molecule has 1 amide bonds. The SMILES string of the molecule is CCN(CC)S(=O)(=O)c1ccc2nc(NC(=O)Cc3cccc4ccccc34)sc2c1. The van der Waals surface area contributed by atoms with Crippen molar-refractivity contribution in [2.24, 2.45) is 0 Å². The van der Waals surface area contributed by atoms with Gasteiger partial charge >= 0.3 is 0 Å². The third-order valence-corrected chi connectivity index (χ3v) is 8.16. The molecule has 0 saturated carbocycles. The van der Waals surface area contributed by atoms with E-state index in [1.165, 1.54) is 15.6 Å². The number of aromatic nitrogens is 1. The number of fused-ring (bicyclic) bond motifs is 2. The van der Waals surface area contributed by atoms with E-state index >= 15 is 0 Å². The van der Waals surface area contributed by atoms with Gasteiger partial charge in [-0.3, -0.25) is 4.79 Å². The summed E-state index contributed by atoms with van der Waals surface area (Å²) in [5.74, 6) is -0.161. The molecule has 0 bridgehead atoms. The molecule has 0 saturated heterocycles. The van der Waals surface area contributed by atoms with E-state index in [0.717, 1.165) is 16.3 Å². The second-order valence-corrected chi connectivity index (χ2v) is 10.1. The van der Waals surface area contributed by atoms with E-state index in [0.29, 0.717) is 28.4 Å². The molecule has 1 N–H and O–H groups in total. The summed E-state index contributed by atoms with van der Waals surface area (Å²) >= 11 is 1.27. The zero-order chi connectivity index (χ0) is 22.0. The fraction of sp³-hybridized carbons (Fsp3) is 0.217. The van der Waals surface area contributed by atoms with Crippen LogP contribution in [0, 0.1) is 0 Å². The number of hydrogen-bond acceptors (Lipinski definition) is 5. The van der Waals surface area contributed by atoms with Crippen molar-refractivity contribution in [3.8, 4) is 0 Å². The maximum absolute atomic E-state index is 12.8. The van der Waals surface area contributed by atoms with E-state index < -0.39 is 10.0 Å². The normalized spacial score (nSPS) is 12.0. The zero-order valence-electron chi connectivity index (χ0n) is 17.3. The molecule has 4 rings (SSSR count). The number of anilines is 1. The predicted octanol–water partition coefficient (Wildman–Crippen LogP) is 4.66. The molecular formula is C23H23N3O3S2. The number of hydrogen-bond donors (Lipinski definition) is 1. The van der Waals surface area contributed by atoms with E-state index in [2.05, 4.69) is 10.3 Å². The van der Waals surface area contributed by atoms with Gasteiger partial charge < -0.3 is 5.32 Å². The molecule has 0 spiro atoms. The first-order chi connectivity index (χ1) is 14.9. The highest BCUT2D eigenvalue weighted by Crippen LogP contribution is 2.29. The first-order valence-electron chi connectivity index (χ1n) is 10.1. The molecular weight excluding hydrogens is 430 g/mol. The van der Waals surface area contributed by atoms with E-state index in [4.69, 9.17) is 0 Å². The van der Waals surface area contributed by atoms with Crippen molar-refractivity contribution >= 4 is 53.4 Å². The van der Waals surface area contributed by atoms with E-state index in [1.807, 2.05) is 56.3 Å². The number of thiazole rings is 1. The lowest BCUT2D eigenvalue weighted by molar-refractivity contribution is -0.115. The number of amides is 1. The van der Waals surface area contributed by atoms with Crippen LogP contribution in [0.25, 0.3) is 21.0 Å². The van der Waals surface area contributed by atoms with Gasteiger partial charge in [0.25, 0.3) is 0 Å². The monoisotopic (exact) mass is 453 g/mol. The molecule has 3 aromatic carbocycles. The van der Waals surface area contributed by atoms with Gasteiger partial charge in [-0.15, -0.1) is 0 Å². The molecule has 31 heavy (non-hydrogen) atoms. The van der Waals surface area contributed by atoms with Gasteiger partial charge in [0.05, 0.1) is 21.5 Å². The highest BCUT2D eigenvalue weighted by molar-refractivity contribution is 7.89. The molecule has 0 unspecified atom stereocenters. The van der Waals surface area contributed by atoms with Gasteiger partial charge in [0.2, 0.25) is 15.9 Å². The number of benzene rings is 3. The van der Waals surface area contributed by atoms with E-state index in [1.54, 1.807) is 18.2 Å². The fourth-order valence-electron chi connectivity index (χ4n) is 3.61. The summed E-state index contributed by atoms with van der Waals surface area (Å²) in [6, 6.07) is 18.8. The number of carbonyl (C=O) groups excluding carboxylic acids is 1. The minimum atomic E-state index is -3.54. The fourth-order valence-corrected chi connectivity index (χ4v) is 6.10. The smallest absolute Gasteiger partial charge is 0.243 e. The van der Waals surface area contributed by atoms with Crippen molar-refractivity contribution in [3.63, 3.8) is 0 Å². The van der Waals surface area contributed by atoms with Gasteiger partial charge in [-0.2, -0.15) is 4.31 Å². The lowest BCUT2D eigenvalue weighted by Gasteiger charge is -2.18. The maximum atomic E-state index is 12.8. The van der Waals surface area contributed by atoms with Crippen molar-refractivity contribution in [1.82, 2.24) is 9.29 Å². The first kappa shape index (κ1) is 21.4. The van der Waals surface area contributed by atoms with Crippen LogP contribution in [0.5, 0.6) is 0 Å². The van der Waals surface area contributed by atoms with Crippen LogP contribution >= 0.6 is 11.3 Å². The summed E-state index contributed by atoms with van der Waals surface area (Å²) in [6.45, 7) is 4.45. The molecule has 8 heteroatoms. The first-order valence-corrected chi connectivity index (χ1v) is 12.3. The Labute approximate surface area is 185 Å². The molecule has 1 heterocycles. The summed E-state index contributed by atoms with van der Waals surface area (Å²) in [4.78, 5) is 17.3. The van der Waals surface area contributed by atoms with Crippen molar-refractivity contribution in [3.05, 3.63) is 66.2 Å². The van der Waals surface area contributed by atoms with Gasteiger partial charge in [0, 0.05) is 13.1 Å². The summed E-state index contributed by atoms with van der Waals surface area (Å²) in [6.07, 6.45) is 0.235. The van der Waals surface area contributed by atoms with Gasteiger partial charge in [0.1, 0.15) is 0 Å². The second kappa shape index (κ2) is 8.74. The van der Waals surface area contributed by atoms with Gasteiger partial charge in [-0.1, -0.05) is 67.6 Å². The zero-order valence-corrected chi connectivity index (χ0v) is 19.0. The Hall–Kier alpha value is -2.81. The quantitative estimate of drug-likeness (QED) is 0.441. The third-order valence-electron chi connectivity index (χ3n) is 5.18. The summed E-state index contributed by atoms with van der Waals surface area (Å²) in [5.41, 5.74) is 1.60. The summed E-state index contributed by atoms with van der Waals surface area (Å²) in [7, 11) is -3.54. The molecule has 4 aromatic rings. The molecule has 6 nitrogen and oxygen atoms in total. The van der Waals surface area contributed by atoms with Crippen LogP contribution in [0.2, 0.25) is 0 Å². The van der Waals surface area contributed by atoms with Gasteiger partial charge in [-0.25, -0.2) is 13.4 Å². The van der Waals surface area contributed by atoms with Crippen molar-refractivity contribution < 1.29 is 13.2 Å². The van der Waals surface area contributed by atoms with Crippen LogP contribution in [0.15, 0.2) is 65.6 Å². The summed E-state index contributed by atoms with van der Waals surface area (Å²) < 4.78 is 27.7. The van der Waals surface area contributed by atoms with E-state index in [9.17, 15) is 13.2 Å². The van der Waals surface area contributed by atoms with Crippen molar-refractivity contribution in [2.75, 3.05) is 18.4 Å². The standard InChI is InChI=1S/C23H23N3O3S2/c1-3-26(4-2)31(28,29)18-12-13-20-21(15-18)30-23(24-20)25-22(27)14-17-10-7-9-16-8-5-6-11-19(16)17/h5-13,15H,3-4,14H2,1-2H3,(H,24,25,27). The lowest BCUT2D eigenvalue weighted by Crippen LogP contribution is -2.30. The Balaban J connectivity index is 1.56. The molecule has 1 aromatic heterocycles. The Bertz CT molecular complexity index is 1350. The van der Waals surface area contributed by atoms with Crippen LogP contribution in [0.4, 0.5) is 5.13 Å². The highest BCUT2D eigenvalue weighted by Gasteiger charge is 2.22. The van der Waals surface area contributed by atoms with Crippen molar-refractivity contribution in [1.29, 1.82) is 0 Å². The number of sulfonamides is 1. The highest BCUT2D eigenvalue weighted by atomic mass is 32.2. The number of carbonyl (C=O) groups is 1. The third kappa shape index (κ3) is 4.32. The molecule has 0 aliphatic rings. The summed E-state index contributed by atoms with van der Waals surface area (Å²) in [5, 5.41) is 5.46. The predicted molar refractivity (Wildman–Crippen MR) is 126 cm³/mol.